The summed E-state index contributed by atoms with van der Waals surface area (Å²) < 4.78 is 5.59. The van der Waals surface area contributed by atoms with E-state index >= 15 is 0 Å². The molecule has 0 unspecified atom stereocenters. The van der Waals surface area contributed by atoms with Gasteiger partial charge in [0.1, 0.15) is 0 Å². The third-order valence-electron chi connectivity index (χ3n) is 3.11. The quantitative estimate of drug-likeness (QED) is 0.439. The van der Waals surface area contributed by atoms with E-state index in [0.717, 1.165) is 25.5 Å². The van der Waals surface area contributed by atoms with Gasteiger partial charge in [-0.3, -0.25) is 4.99 Å². The van der Waals surface area contributed by atoms with Crippen LogP contribution in [0, 0.1) is 0 Å². The zero-order valence-corrected chi connectivity index (χ0v) is 13.8. The van der Waals surface area contributed by atoms with Crippen LogP contribution in [0.1, 0.15) is 44.7 Å². The molecule has 1 rings (SSSR count). The van der Waals surface area contributed by atoms with Gasteiger partial charge in [0.25, 0.3) is 0 Å². The first-order chi connectivity index (χ1) is 10.2. The summed E-state index contributed by atoms with van der Waals surface area (Å²) in [5.74, 6) is 0.857. The molecule has 118 valence electrons. The van der Waals surface area contributed by atoms with Gasteiger partial charge in [-0.05, 0) is 31.4 Å². The van der Waals surface area contributed by atoms with E-state index in [1.54, 1.807) is 7.05 Å². The normalized spacial score (nSPS) is 11.8. The van der Waals surface area contributed by atoms with Crippen LogP contribution in [0.5, 0.6) is 0 Å². The molecule has 1 aromatic carbocycles. The maximum Gasteiger partial charge on any atom is 0.191 e. The second kappa shape index (κ2) is 10.2. The van der Waals surface area contributed by atoms with Gasteiger partial charge < -0.3 is 15.4 Å². The Morgan fingerprint density at radius 1 is 1.14 bits per heavy atom. The Labute approximate surface area is 129 Å². The summed E-state index contributed by atoms with van der Waals surface area (Å²) in [5, 5.41) is 6.63. The second-order valence-electron chi connectivity index (χ2n) is 5.38. The van der Waals surface area contributed by atoms with Gasteiger partial charge in [-0.25, -0.2) is 0 Å². The topological polar surface area (TPSA) is 45.7 Å². The maximum absolute atomic E-state index is 5.59. The predicted molar refractivity (Wildman–Crippen MR) is 89.5 cm³/mol. The van der Waals surface area contributed by atoms with Gasteiger partial charge in [-0.15, -0.1) is 0 Å². The van der Waals surface area contributed by atoms with Crippen LogP contribution in [0.3, 0.4) is 0 Å². The molecule has 2 N–H and O–H groups in total. The molecule has 0 aliphatic carbocycles. The van der Waals surface area contributed by atoms with E-state index in [2.05, 4.69) is 60.7 Å². The molecule has 0 atom stereocenters. The Bertz CT molecular complexity index is 413. The number of guanidine groups is 1. The molecule has 1 aromatic rings. The van der Waals surface area contributed by atoms with E-state index in [0.29, 0.717) is 6.61 Å². The molecule has 0 aromatic heterocycles. The number of ether oxygens (including phenoxy) is 1. The fraction of sp³-hybridized carbons (Fsp3) is 0.588. The summed E-state index contributed by atoms with van der Waals surface area (Å²) >= 11 is 0. The standard InChI is InChI=1S/C17H29N3O/c1-5-6-11-19-17(18-4)20-12-15-7-9-16(10-8-15)13-21-14(2)3/h7-10,14H,5-6,11-13H2,1-4H3,(H2,18,19,20). The highest BCUT2D eigenvalue weighted by Crippen LogP contribution is 2.07. The third kappa shape index (κ3) is 7.71. The van der Waals surface area contributed by atoms with E-state index in [4.69, 9.17) is 4.74 Å². The Kier molecular flexibility index (Phi) is 8.51. The van der Waals surface area contributed by atoms with Crippen LogP contribution in [0.15, 0.2) is 29.3 Å². The average Bonchev–Trinajstić information content (AvgIpc) is 2.49. The van der Waals surface area contributed by atoms with Gasteiger partial charge in [-0.1, -0.05) is 37.6 Å². The lowest BCUT2D eigenvalue weighted by atomic mass is 10.1. The molecule has 0 heterocycles. The number of nitrogens with zero attached hydrogens (tertiary/aromatic N) is 1. The number of hydrogen-bond donors (Lipinski definition) is 2. The molecule has 0 bridgehead atoms. The molecule has 4 heteroatoms. The van der Waals surface area contributed by atoms with Crippen LogP contribution >= 0.6 is 0 Å². The lowest BCUT2D eigenvalue weighted by Gasteiger charge is -2.12. The Morgan fingerprint density at radius 2 is 1.81 bits per heavy atom. The minimum absolute atomic E-state index is 0.267. The van der Waals surface area contributed by atoms with Crippen LogP contribution in [-0.4, -0.2) is 25.7 Å². The monoisotopic (exact) mass is 291 g/mol. The number of unbranched alkanes of at least 4 members (excludes halogenated alkanes) is 1. The van der Waals surface area contributed by atoms with E-state index in [9.17, 15) is 0 Å². The summed E-state index contributed by atoms with van der Waals surface area (Å²) in [6.07, 6.45) is 2.61. The molecular formula is C17H29N3O. The first kappa shape index (κ1) is 17.5. The highest BCUT2D eigenvalue weighted by atomic mass is 16.5. The molecule has 21 heavy (non-hydrogen) atoms. The van der Waals surface area contributed by atoms with Gasteiger partial charge in [0.2, 0.25) is 0 Å². The van der Waals surface area contributed by atoms with Gasteiger partial charge in [-0.2, -0.15) is 0 Å². The summed E-state index contributed by atoms with van der Waals surface area (Å²) in [6, 6.07) is 8.50. The fourth-order valence-electron chi connectivity index (χ4n) is 1.81. The molecule has 0 spiro atoms. The highest BCUT2D eigenvalue weighted by Gasteiger charge is 1.99. The third-order valence-corrected chi connectivity index (χ3v) is 3.11. The van der Waals surface area contributed by atoms with Crippen molar-refractivity contribution in [3.05, 3.63) is 35.4 Å². The van der Waals surface area contributed by atoms with Crippen molar-refractivity contribution in [1.82, 2.24) is 10.6 Å². The molecular weight excluding hydrogens is 262 g/mol. The summed E-state index contributed by atoms with van der Waals surface area (Å²) in [4.78, 5) is 4.22. The molecule has 4 nitrogen and oxygen atoms in total. The molecule has 0 radical (unpaired) electrons. The Balaban J connectivity index is 2.37. The largest absolute Gasteiger partial charge is 0.374 e. The smallest absolute Gasteiger partial charge is 0.191 e. The van der Waals surface area contributed by atoms with Crippen molar-refractivity contribution in [2.24, 2.45) is 4.99 Å². The zero-order valence-electron chi connectivity index (χ0n) is 13.8. The van der Waals surface area contributed by atoms with Crippen LogP contribution in [0.2, 0.25) is 0 Å². The molecule has 0 amide bonds. The minimum Gasteiger partial charge on any atom is -0.374 e. The molecule has 0 aliphatic rings. The number of benzene rings is 1. The van der Waals surface area contributed by atoms with Gasteiger partial charge in [0.15, 0.2) is 5.96 Å². The van der Waals surface area contributed by atoms with Crippen LogP contribution in [0.25, 0.3) is 0 Å². The number of nitrogens with one attached hydrogen (secondary N) is 2. The number of hydrogen-bond acceptors (Lipinski definition) is 2. The minimum atomic E-state index is 0.267. The molecule has 0 saturated heterocycles. The van der Waals surface area contributed by atoms with E-state index < -0.39 is 0 Å². The maximum atomic E-state index is 5.59. The van der Waals surface area contributed by atoms with E-state index in [1.165, 1.54) is 17.5 Å². The fourth-order valence-corrected chi connectivity index (χ4v) is 1.81. The van der Waals surface area contributed by atoms with Crippen molar-refractivity contribution in [1.29, 1.82) is 0 Å². The predicted octanol–water partition coefficient (Wildman–Crippen LogP) is 3.08. The Hall–Kier alpha value is -1.55. The second-order valence-corrected chi connectivity index (χ2v) is 5.38. The van der Waals surface area contributed by atoms with Gasteiger partial charge in [0.05, 0.1) is 12.7 Å². The highest BCUT2D eigenvalue weighted by molar-refractivity contribution is 5.79. The number of rotatable bonds is 8. The first-order valence-corrected chi connectivity index (χ1v) is 7.79. The van der Waals surface area contributed by atoms with Crippen molar-refractivity contribution >= 4 is 5.96 Å². The lowest BCUT2D eigenvalue weighted by Crippen LogP contribution is -2.37. The zero-order chi connectivity index (χ0) is 15.5. The molecule has 0 aliphatic heterocycles. The Morgan fingerprint density at radius 3 is 2.38 bits per heavy atom. The van der Waals surface area contributed by atoms with Crippen LogP contribution in [0.4, 0.5) is 0 Å². The van der Waals surface area contributed by atoms with E-state index in [-0.39, 0.29) is 6.10 Å². The van der Waals surface area contributed by atoms with Crippen molar-refractivity contribution < 1.29 is 4.74 Å². The van der Waals surface area contributed by atoms with E-state index in [1.807, 2.05) is 0 Å². The van der Waals surface area contributed by atoms with Crippen molar-refractivity contribution in [3.8, 4) is 0 Å². The SMILES string of the molecule is CCCCNC(=NC)NCc1ccc(COC(C)C)cc1. The van der Waals surface area contributed by atoms with Crippen LogP contribution in [-0.2, 0) is 17.9 Å². The summed E-state index contributed by atoms with van der Waals surface area (Å²) in [7, 11) is 1.80. The first-order valence-electron chi connectivity index (χ1n) is 7.79. The molecule has 0 fully saturated rings. The van der Waals surface area contributed by atoms with Crippen molar-refractivity contribution in [3.63, 3.8) is 0 Å². The van der Waals surface area contributed by atoms with Crippen molar-refractivity contribution in [2.45, 2.75) is 52.9 Å². The van der Waals surface area contributed by atoms with Gasteiger partial charge in [0, 0.05) is 20.1 Å². The lowest BCUT2D eigenvalue weighted by molar-refractivity contribution is 0.0657. The van der Waals surface area contributed by atoms with Crippen molar-refractivity contribution in [2.75, 3.05) is 13.6 Å². The summed E-state index contributed by atoms with van der Waals surface area (Å²) in [5.41, 5.74) is 2.44. The molecule has 0 saturated carbocycles. The van der Waals surface area contributed by atoms with Crippen LogP contribution < -0.4 is 10.6 Å². The van der Waals surface area contributed by atoms with Gasteiger partial charge >= 0.3 is 0 Å². The summed E-state index contributed by atoms with van der Waals surface area (Å²) in [6.45, 7) is 8.69. The average molecular weight is 291 g/mol. The number of aliphatic imine (C=N–C) groups is 1.